The molecule has 0 heterocycles. The Bertz CT molecular complexity index is 1050. The topological polar surface area (TPSA) is 84.9 Å². The van der Waals surface area contributed by atoms with Crippen LogP contribution in [0.1, 0.15) is 35.3 Å². The number of phosphoric acid groups is 1. The van der Waals surface area contributed by atoms with Gasteiger partial charge < -0.3 is 18.7 Å². The van der Waals surface area contributed by atoms with E-state index in [-0.39, 0.29) is 41.1 Å². The SMILES string of the molecule is CC(=O)OC(c1ccccc1)c1ccc(OP(=O)([O-])Oc2cc(C)cc(C)c2)cc1.[Na+]. The molecular weight excluding hydrogens is 426 g/mol. The molecule has 0 bridgehead atoms. The summed E-state index contributed by atoms with van der Waals surface area (Å²) in [6, 6.07) is 20.7. The Morgan fingerprint density at radius 1 is 0.839 bits per heavy atom. The van der Waals surface area contributed by atoms with E-state index in [0.29, 0.717) is 5.56 Å². The molecule has 0 aromatic heterocycles. The summed E-state index contributed by atoms with van der Waals surface area (Å²) in [5.74, 6) is -0.132. The molecule has 3 aromatic rings. The van der Waals surface area contributed by atoms with Crippen LogP contribution in [0.5, 0.6) is 11.5 Å². The normalized spacial score (nSPS) is 13.3. The number of carbonyl (C=O) groups is 1. The predicted molar refractivity (Wildman–Crippen MR) is 111 cm³/mol. The number of phosphoric ester groups is 1. The monoisotopic (exact) mass is 448 g/mol. The zero-order valence-electron chi connectivity index (χ0n) is 17.9. The summed E-state index contributed by atoms with van der Waals surface area (Å²) < 4.78 is 27.9. The van der Waals surface area contributed by atoms with Crippen molar-refractivity contribution in [2.24, 2.45) is 0 Å². The van der Waals surface area contributed by atoms with Gasteiger partial charge in [0.1, 0.15) is 11.5 Å². The molecule has 0 spiro atoms. The predicted octanol–water partition coefficient (Wildman–Crippen LogP) is 1.89. The Morgan fingerprint density at radius 3 is 1.90 bits per heavy atom. The molecule has 2 atom stereocenters. The fourth-order valence-electron chi connectivity index (χ4n) is 3.09. The molecule has 0 aliphatic carbocycles. The number of aryl methyl sites for hydroxylation is 2. The quantitative estimate of drug-likeness (QED) is 0.312. The molecule has 0 saturated heterocycles. The fourth-order valence-corrected chi connectivity index (χ4v) is 3.87. The standard InChI is InChI=1S/C23H23O6P.Na/c1-16-13-17(2)15-22(14-16)29-30(25,26)28-21-11-9-20(10-12-21)23(27-18(3)24)19-7-5-4-6-8-19;/h4-15,23H,1-3H3,(H,25,26);/q;+1/p-1. The molecule has 0 saturated carbocycles. The molecule has 0 aliphatic rings. The molecule has 0 N–H and O–H groups in total. The third-order valence-electron chi connectivity index (χ3n) is 4.20. The van der Waals surface area contributed by atoms with Crippen molar-refractivity contribution in [3.63, 3.8) is 0 Å². The molecule has 8 heteroatoms. The fraction of sp³-hybridized carbons (Fsp3) is 0.174. The summed E-state index contributed by atoms with van der Waals surface area (Å²) in [5.41, 5.74) is 3.24. The molecule has 0 amide bonds. The smallest absolute Gasteiger partial charge is 0.736 e. The number of carbonyl (C=O) groups excluding carboxylic acids is 1. The van der Waals surface area contributed by atoms with E-state index in [1.165, 1.54) is 19.1 Å². The number of ether oxygens (including phenoxy) is 1. The zero-order chi connectivity index (χ0) is 21.7. The molecule has 3 aromatic carbocycles. The minimum atomic E-state index is -4.63. The minimum Gasteiger partial charge on any atom is -0.736 e. The van der Waals surface area contributed by atoms with Gasteiger partial charge in [0.25, 0.3) is 0 Å². The summed E-state index contributed by atoms with van der Waals surface area (Å²) in [6.45, 7) is 5.04. The van der Waals surface area contributed by atoms with Gasteiger partial charge in [0.05, 0.1) is 0 Å². The van der Waals surface area contributed by atoms with Gasteiger partial charge in [-0.3, -0.25) is 4.79 Å². The third kappa shape index (κ3) is 7.53. The molecular formula is C23H22NaO6P. The average Bonchev–Trinajstić information content (AvgIpc) is 2.66. The van der Waals surface area contributed by atoms with Crippen LogP contribution in [0, 0.1) is 13.8 Å². The number of benzene rings is 3. The van der Waals surface area contributed by atoms with Gasteiger partial charge in [-0.2, -0.15) is 0 Å². The molecule has 0 aliphatic heterocycles. The molecule has 2 unspecified atom stereocenters. The second kappa shape index (κ2) is 11.0. The largest absolute Gasteiger partial charge is 1.00 e. The Hall–Kier alpha value is -2.08. The van der Waals surface area contributed by atoms with E-state index in [2.05, 4.69) is 0 Å². The second-order valence-electron chi connectivity index (χ2n) is 6.92. The van der Waals surface area contributed by atoms with Crippen LogP contribution in [0.4, 0.5) is 0 Å². The first-order valence-corrected chi connectivity index (χ1v) is 10.8. The number of esters is 1. The van der Waals surface area contributed by atoms with E-state index >= 15 is 0 Å². The summed E-state index contributed by atoms with van der Waals surface area (Å²) in [5, 5.41) is 0. The van der Waals surface area contributed by atoms with E-state index in [0.717, 1.165) is 16.7 Å². The number of rotatable bonds is 7. The summed E-state index contributed by atoms with van der Waals surface area (Å²) in [6.07, 6.45) is -0.608. The van der Waals surface area contributed by atoms with Crippen molar-refractivity contribution in [2.45, 2.75) is 26.9 Å². The first-order valence-electron chi connectivity index (χ1n) is 9.32. The van der Waals surface area contributed by atoms with E-state index in [1.807, 2.05) is 50.2 Å². The van der Waals surface area contributed by atoms with Crippen LogP contribution in [-0.4, -0.2) is 5.97 Å². The molecule has 156 valence electrons. The van der Waals surface area contributed by atoms with Crippen LogP contribution in [0.25, 0.3) is 0 Å². The van der Waals surface area contributed by atoms with Gasteiger partial charge in [-0.15, -0.1) is 0 Å². The molecule has 0 fully saturated rings. The van der Waals surface area contributed by atoms with Crippen molar-refractivity contribution in [3.8, 4) is 11.5 Å². The zero-order valence-corrected chi connectivity index (χ0v) is 20.8. The van der Waals surface area contributed by atoms with Crippen molar-refractivity contribution in [1.82, 2.24) is 0 Å². The van der Waals surface area contributed by atoms with Crippen LogP contribution < -0.4 is 43.5 Å². The van der Waals surface area contributed by atoms with Crippen molar-refractivity contribution >= 4 is 13.8 Å². The van der Waals surface area contributed by atoms with Gasteiger partial charge in [-0.25, -0.2) is 4.57 Å². The van der Waals surface area contributed by atoms with Crippen molar-refractivity contribution < 1.29 is 57.6 Å². The first kappa shape index (κ1) is 25.2. The summed E-state index contributed by atoms with van der Waals surface area (Å²) >= 11 is 0. The van der Waals surface area contributed by atoms with E-state index in [4.69, 9.17) is 13.8 Å². The van der Waals surface area contributed by atoms with E-state index in [1.54, 1.807) is 24.3 Å². The molecule has 0 radical (unpaired) electrons. The van der Waals surface area contributed by atoms with Gasteiger partial charge in [-0.1, -0.05) is 48.5 Å². The Morgan fingerprint density at radius 2 is 1.35 bits per heavy atom. The first-order chi connectivity index (χ1) is 14.2. The van der Waals surface area contributed by atoms with Gasteiger partial charge >= 0.3 is 43.3 Å². The van der Waals surface area contributed by atoms with Gasteiger partial charge in [-0.05, 0) is 60.4 Å². The second-order valence-corrected chi connectivity index (χ2v) is 8.18. The van der Waals surface area contributed by atoms with Crippen LogP contribution in [0.3, 0.4) is 0 Å². The van der Waals surface area contributed by atoms with Crippen LogP contribution >= 0.6 is 7.82 Å². The van der Waals surface area contributed by atoms with Crippen LogP contribution in [0.2, 0.25) is 0 Å². The maximum atomic E-state index is 12.3. The van der Waals surface area contributed by atoms with E-state index in [9.17, 15) is 14.3 Å². The number of hydrogen-bond donors (Lipinski definition) is 0. The number of hydrogen-bond acceptors (Lipinski definition) is 6. The van der Waals surface area contributed by atoms with Crippen LogP contribution in [0.15, 0.2) is 72.8 Å². The average molecular weight is 448 g/mol. The Balaban J connectivity index is 0.00000341. The minimum absolute atomic E-state index is 0. The molecule has 31 heavy (non-hydrogen) atoms. The maximum absolute atomic E-state index is 12.3. The van der Waals surface area contributed by atoms with Gasteiger partial charge in [0.15, 0.2) is 6.10 Å². The Kier molecular flexibility index (Phi) is 8.92. The van der Waals surface area contributed by atoms with Crippen molar-refractivity contribution in [3.05, 3.63) is 95.1 Å². The van der Waals surface area contributed by atoms with Crippen molar-refractivity contribution in [2.75, 3.05) is 0 Å². The summed E-state index contributed by atoms with van der Waals surface area (Å²) in [7, 11) is -4.63. The van der Waals surface area contributed by atoms with E-state index < -0.39 is 19.9 Å². The van der Waals surface area contributed by atoms with Gasteiger partial charge in [0.2, 0.25) is 0 Å². The molecule has 6 nitrogen and oxygen atoms in total. The van der Waals surface area contributed by atoms with Crippen molar-refractivity contribution in [1.29, 1.82) is 0 Å². The van der Waals surface area contributed by atoms with Gasteiger partial charge in [0, 0.05) is 6.92 Å². The van der Waals surface area contributed by atoms with Crippen LogP contribution in [-0.2, 0) is 14.1 Å². The maximum Gasteiger partial charge on any atom is 1.00 e. The third-order valence-corrected chi connectivity index (χ3v) is 5.07. The summed E-state index contributed by atoms with van der Waals surface area (Å²) in [4.78, 5) is 23.8. The molecule has 3 rings (SSSR count). The Labute approximate surface area is 204 Å².